The van der Waals surface area contributed by atoms with Crippen LogP contribution in [0.25, 0.3) is 10.9 Å². The van der Waals surface area contributed by atoms with E-state index in [1.807, 2.05) is 30.3 Å². The first-order chi connectivity index (χ1) is 12.9. The average Bonchev–Trinajstić information content (AvgIpc) is 2.67. The number of pyridine rings is 1. The summed E-state index contributed by atoms with van der Waals surface area (Å²) in [5.41, 5.74) is 1.93. The van der Waals surface area contributed by atoms with Crippen molar-refractivity contribution >= 4 is 44.3 Å². The monoisotopic (exact) mass is 401 g/mol. The van der Waals surface area contributed by atoms with Crippen LogP contribution in [-0.4, -0.2) is 32.1 Å². The predicted octanol–water partition coefficient (Wildman–Crippen LogP) is 3.18. The standard InChI is InChI=1S/C19H19N3O3S2/c1-13-7-8-14(11-18(13)27(24,25)20-2)22-19(23)12-26-17-9-10-21-16-6-4-3-5-15(16)17/h3-11,20H,12H2,1-2H3,(H,22,23). The van der Waals surface area contributed by atoms with E-state index in [1.165, 1.54) is 24.9 Å². The lowest BCUT2D eigenvalue weighted by molar-refractivity contribution is -0.113. The highest BCUT2D eigenvalue weighted by Gasteiger charge is 2.16. The maximum atomic E-state index is 12.3. The van der Waals surface area contributed by atoms with Crippen molar-refractivity contribution in [2.24, 2.45) is 0 Å². The minimum absolute atomic E-state index is 0.149. The predicted molar refractivity (Wildman–Crippen MR) is 109 cm³/mol. The van der Waals surface area contributed by atoms with E-state index in [-0.39, 0.29) is 16.6 Å². The van der Waals surface area contributed by atoms with E-state index < -0.39 is 10.0 Å². The highest BCUT2D eigenvalue weighted by molar-refractivity contribution is 8.00. The van der Waals surface area contributed by atoms with Crippen LogP contribution in [0, 0.1) is 6.92 Å². The maximum Gasteiger partial charge on any atom is 0.240 e. The summed E-state index contributed by atoms with van der Waals surface area (Å²) in [4.78, 5) is 17.8. The van der Waals surface area contributed by atoms with Gasteiger partial charge in [-0.05, 0) is 43.8 Å². The first-order valence-electron chi connectivity index (χ1n) is 8.21. The van der Waals surface area contributed by atoms with Gasteiger partial charge in [-0.2, -0.15) is 0 Å². The number of hydrogen-bond donors (Lipinski definition) is 2. The second-order valence-electron chi connectivity index (χ2n) is 5.85. The summed E-state index contributed by atoms with van der Waals surface area (Å²) >= 11 is 1.41. The van der Waals surface area contributed by atoms with Crippen LogP contribution in [0.1, 0.15) is 5.56 Å². The molecule has 3 rings (SSSR count). The van der Waals surface area contributed by atoms with Gasteiger partial charge in [-0.3, -0.25) is 9.78 Å². The zero-order chi connectivity index (χ0) is 19.4. The van der Waals surface area contributed by atoms with Crippen LogP contribution < -0.4 is 10.0 Å². The number of nitrogens with one attached hydrogen (secondary N) is 2. The molecule has 0 radical (unpaired) electrons. The smallest absolute Gasteiger partial charge is 0.240 e. The number of carbonyl (C=O) groups excluding carboxylic acids is 1. The van der Waals surface area contributed by atoms with Gasteiger partial charge in [0.15, 0.2) is 0 Å². The number of para-hydroxylation sites is 1. The normalized spacial score (nSPS) is 11.5. The number of nitrogens with zero attached hydrogens (tertiary/aromatic N) is 1. The van der Waals surface area contributed by atoms with Gasteiger partial charge in [0.05, 0.1) is 16.2 Å². The number of benzene rings is 2. The number of aryl methyl sites for hydroxylation is 1. The molecule has 2 N–H and O–H groups in total. The minimum atomic E-state index is -3.58. The Morgan fingerprint density at radius 3 is 2.70 bits per heavy atom. The molecule has 6 nitrogen and oxygen atoms in total. The highest BCUT2D eigenvalue weighted by atomic mass is 32.2. The molecule has 0 aliphatic rings. The first kappa shape index (κ1) is 19.3. The van der Waals surface area contributed by atoms with Crippen LogP contribution in [-0.2, 0) is 14.8 Å². The number of rotatable bonds is 6. The molecule has 0 aliphatic carbocycles. The van der Waals surface area contributed by atoms with E-state index in [9.17, 15) is 13.2 Å². The number of fused-ring (bicyclic) bond motifs is 1. The van der Waals surface area contributed by atoms with Gasteiger partial charge in [0.2, 0.25) is 15.9 Å². The van der Waals surface area contributed by atoms with Gasteiger partial charge in [0.25, 0.3) is 0 Å². The molecule has 8 heteroatoms. The van der Waals surface area contributed by atoms with E-state index in [1.54, 1.807) is 25.3 Å². The third kappa shape index (κ3) is 4.47. The van der Waals surface area contributed by atoms with Crippen molar-refractivity contribution < 1.29 is 13.2 Å². The molecule has 27 heavy (non-hydrogen) atoms. The summed E-state index contributed by atoms with van der Waals surface area (Å²) in [7, 11) is -2.22. The molecule has 0 saturated heterocycles. The fourth-order valence-electron chi connectivity index (χ4n) is 2.61. The Labute approximate surface area is 162 Å². The fraction of sp³-hybridized carbons (Fsp3) is 0.158. The van der Waals surface area contributed by atoms with Crippen LogP contribution >= 0.6 is 11.8 Å². The Morgan fingerprint density at radius 1 is 1.15 bits per heavy atom. The summed E-state index contributed by atoms with van der Waals surface area (Å²) in [6.45, 7) is 1.71. The third-order valence-corrected chi connectivity index (χ3v) is 6.63. The zero-order valence-electron chi connectivity index (χ0n) is 14.9. The Kier molecular flexibility index (Phi) is 5.79. The van der Waals surface area contributed by atoms with Crippen LogP contribution in [0.2, 0.25) is 0 Å². The number of aromatic nitrogens is 1. The summed E-state index contributed by atoms with van der Waals surface area (Å²) in [6, 6.07) is 14.5. The lowest BCUT2D eigenvalue weighted by Crippen LogP contribution is -2.20. The van der Waals surface area contributed by atoms with E-state index >= 15 is 0 Å². The number of hydrogen-bond acceptors (Lipinski definition) is 5. The fourth-order valence-corrected chi connectivity index (χ4v) is 4.45. The van der Waals surface area contributed by atoms with Crippen molar-refractivity contribution in [3.05, 3.63) is 60.3 Å². The zero-order valence-corrected chi connectivity index (χ0v) is 16.5. The summed E-state index contributed by atoms with van der Waals surface area (Å²) in [5, 5.41) is 3.75. The molecule has 0 atom stereocenters. The summed E-state index contributed by atoms with van der Waals surface area (Å²) in [6.07, 6.45) is 1.72. The van der Waals surface area contributed by atoms with Gasteiger partial charge < -0.3 is 5.32 Å². The van der Waals surface area contributed by atoms with Crippen molar-refractivity contribution in [1.29, 1.82) is 0 Å². The molecule has 0 bridgehead atoms. The molecule has 3 aromatic rings. The topological polar surface area (TPSA) is 88.2 Å². The second-order valence-corrected chi connectivity index (χ2v) is 8.72. The molecule has 0 unspecified atom stereocenters. The van der Waals surface area contributed by atoms with Crippen LogP contribution in [0.4, 0.5) is 5.69 Å². The Hall–Kier alpha value is -2.42. The molecule has 0 saturated carbocycles. The van der Waals surface area contributed by atoms with Crippen molar-refractivity contribution in [3.63, 3.8) is 0 Å². The number of sulfonamides is 1. The number of carbonyl (C=O) groups is 1. The summed E-state index contributed by atoms with van der Waals surface area (Å²) < 4.78 is 26.4. The van der Waals surface area contributed by atoms with Crippen LogP contribution in [0.5, 0.6) is 0 Å². The first-order valence-corrected chi connectivity index (χ1v) is 10.7. The molecular formula is C19H19N3O3S2. The van der Waals surface area contributed by atoms with Crippen molar-refractivity contribution in [1.82, 2.24) is 9.71 Å². The molecule has 1 amide bonds. The lowest BCUT2D eigenvalue weighted by atomic mass is 10.2. The van der Waals surface area contributed by atoms with Gasteiger partial charge >= 0.3 is 0 Å². The highest BCUT2D eigenvalue weighted by Crippen LogP contribution is 2.27. The Balaban J connectivity index is 1.72. The largest absolute Gasteiger partial charge is 0.325 e. The Bertz CT molecular complexity index is 1090. The second kappa shape index (κ2) is 8.08. The average molecular weight is 402 g/mol. The molecule has 1 aromatic heterocycles. The van der Waals surface area contributed by atoms with E-state index in [0.29, 0.717) is 11.3 Å². The Morgan fingerprint density at radius 2 is 1.93 bits per heavy atom. The molecule has 0 aliphatic heterocycles. The van der Waals surface area contributed by atoms with Crippen molar-refractivity contribution in [2.75, 3.05) is 18.1 Å². The molecule has 1 heterocycles. The number of anilines is 1. The lowest BCUT2D eigenvalue weighted by Gasteiger charge is -2.11. The van der Waals surface area contributed by atoms with Gasteiger partial charge in [-0.15, -0.1) is 11.8 Å². The van der Waals surface area contributed by atoms with Gasteiger partial charge in [-0.25, -0.2) is 13.1 Å². The molecule has 2 aromatic carbocycles. The molecule has 140 valence electrons. The third-order valence-electron chi connectivity index (χ3n) is 4.00. The number of amides is 1. The number of thioether (sulfide) groups is 1. The van der Waals surface area contributed by atoms with Crippen LogP contribution in [0.15, 0.2) is 64.5 Å². The quantitative estimate of drug-likeness (QED) is 0.620. The summed E-state index contributed by atoms with van der Waals surface area (Å²) in [5.74, 6) is -0.00624. The molecular weight excluding hydrogens is 382 g/mol. The van der Waals surface area contributed by atoms with E-state index in [2.05, 4.69) is 15.0 Å². The van der Waals surface area contributed by atoms with E-state index in [0.717, 1.165) is 15.8 Å². The van der Waals surface area contributed by atoms with Crippen molar-refractivity contribution in [2.45, 2.75) is 16.7 Å². The molecule has 0 fully saturated rings. The van der Waals surface area contributed by atoms with Gasteiger partial charge in [0.1, 0.15) is 0 Å². The minimum Gasteiger partial charge on any atom is -0.325 e. The SMILES string of the molecule is CNS(=O)(=O)c1cc(NC(=O)CSc2ccnc3ccccc23)ccc1C. The van der Waals surface area contributed by atoms with Crippen LogP contribution in [0.3, 0.4) is 0 Å². The van der Waals surface area contributed by atoms with E-state index in [4.69, 9.17) is 0 Å². The van der Waals surface area contributed by atoms with Gasteiger partial charge in [0, 0.05) is 22.2 Å². The maximum absolute atomic E-state index is 12.3. The molecule has 0 spiro atoms. The van der Waals surface area contributed by atoms with Crippen molar-refractivity contribution in [3.8, 4) is 0 Å². The van der Waals surface area contributed by atoms with Gasteiger partial charge in [-0.1, -0.05) is 24.3 Å².